The van der Waals surface area contributed by atoms with Crippen LogP contribution < -0.4 is 15.2 Å². The van der Waals surface area contributed by atoms with Gasteiger partial charge in [-0.2, -0.15) is 13.1 Å². The molecule has 3 rings (SSSR count). The lowest BCUT2D eigenvalue weighted by Crippen LogP contribution is -2.43. The summed E-state index contributed by atoms with van der Waals surface area (Å²) in [5.41, 5.74) is -0.255. The Kier molecular flexibility index (Phi) is 7.52. The van der Waals surface area contributed by atoms with E-state index < -0.39 is 33.5 Å². The first-order chi connectivity index (χ1) is 15.9. The predicted molar refractivity (Wildman–Crippen MR) is 118 cm³/mol. The number of hydrogen-bond donors (Lipinski definition) is 2. The van der Waals surface area contributed by atoms with Crippen LogP contribution in [0.4, 0.5) is 9.18 Å². The van der Waals surface area contributed by atoms with Gasteiger partial charge >= 0.3 is 22.1 Å². The normalized spacial score (nSPS) is 12.0. The molecule has 34 heavy (non-hydrogen) atoms. The summed E-state index contributed by atoms with van der Waals surface area (Å²) in [6, 6.07) is 3.86. The largest absolute Gasteiger partial charge is 0.446 e. The SMILES string of the molecule is CC(C)(C)OC(=O)NS(=O)(=O)NCCCc1nonc1-c1noc(=O)n1-c1ccc(F)c(Br)c1. The molecule has 0 aliphatic carbocycles. The molecule has 16 heteroatoms. The molecule has 0 saturated carbocycles. The average molecular weight is 563 g/mol. The van der Waals surface area contributed by atoms with Crippen LogP contribution in [-0.4, -0.2) is 46.7 Å². The maximum absolute atomic E-state index is 13.6. The molecule has 1 amide bonds. The minimum Gasteiger partial charge on any atom is -0.443 e. The number of hydrogen-bond acceptors (Lipinski definition) is 10. The van der Waals surface area contributed by atoms with Crippen LogP contribution in [0.1, 0.15) is 32.9 Å². The molecule has 0 spiro atoms. The molecule has 0 aliphatic rings. The number of nitrogens with one attached hydrogen (secondary N) is 2. The molecule has 2 aromatic heterocycles. The number of aromatic nitrogens is 4. The Hall–Kier alpha value is -3.11. The Morgan fingerprint density at radius 1 is 1.26 bits per heavy atom. The third-order valence-electron chi connectivity index (χ3n) is 4.03. The van der Waals surface area contributed by atoms with Gasteiger partial charge in [0.15, 0.2) is 5.69 Å². The van der Waals surface area contributed by atoms with Crippen LogP contribution in [0.3, 0.4) is 0 Å². The standard InChI is InChI=1S/C18H20BrFN6O7S/c1-18(2,3)31-16(27)25-34(29,30)21-8-4-5-13-14(23-33-22-13)15-24-32-17(28)26(15)10-6-7-12(20)11(19)9-10/h6-7,9,21H,4-5,8H2,1-3H3,(H,25,27). The minimum atomic E-state index is -4.15. The van der Waals surface area contributed by atoms with Crippen molar-refractivity contribution in [3.8, 4) is 17.2 Å². The summed E-state index contributed by atoms with van der Waals surface area (Å²) >= 11 is 3.05. The average Bonchev–Trinajstić information content (AvgIpc) is 3.31. The van der Waals surface area contributed by atoms with Crippen LogP contribution in [0.2, 0.25) is 0 Å². The predicted octanol–water partition coefficient (Wildman–Crippen LogP) is 2.07. The van der Waals surface area contributed by atoms with Crippen molar-refractivity contribution in [2.45, 2.75) is 39.2 Å². The van der Waals surface area contributed by atoms with Gasteiger partial charge in [0.1, 0.15) is 17.1 Å². The maximum atomic E-state index is 13.6. The van der Waals surface area contributed by atoms with Crippen molar-refractivity contribution in [1.29, 1.82) is 0 Å². The van der Waals surface area contributed by atoms with Gasteiger partial charge in [-0.1, -0.05) is 10.3 Å². The van der Waals surface area contributed by atoms with Crippen molar-refractivity contribution in [2.75, 3.05) is 6.54 Å². The molecule has 0 bridgehead atoms. The van der Waals surface area contributed by atoms with Gasteiger partial charge in [0, 0.05) is 6.54 Å². The van der Waals surface area contributed by atoms with Crippen LogP contribution in [0.5, 0.6) is 0 Å². The Balaban J connectivity index is 1.67. The summed E-state index contributed by atoms with van der Waals surface area (Å²) in [4.78, 5) is 23.8. The fraction of sp³-hybridized carbons (Fsp3) is 0.389. The monoisotopic (exact) mass is 562 g/mol. The van der Waals surface area contributed by atoms with Gasteiger partial charge in [-0.15, -0.1) is 0 Å². The highest BCUT2D eigenvalue weighted by atomic mass is 79.9. The van der Waals surface area contributed by atoms with Gasteiger partial charge in [-0.25, -0.2) is 27.9 Å². The zero-order valence-electron chi connectivity index (χ0n) is 18.2. The van der Waals surface area contributed by atoms with E-state index in [-0.39, 0.29) is 46.8 Å². The smallest absolute Gasteiger partial charge is 0.443 e. The lowest BCUT2D eigenvalue weighted by atomic mass is 10.2. The Morgan fingerprint density at radius 2 is 2.00 bits per heavy atom. The van der Waals surface area contributed by atoms with E-state index in [1.807, 2.05) is 0 Å². The second-order valence-corrected chi connectivity index (χ2v) is 10.2. The highest BCUT2D eigenvalue weighted by Gasteiger charge is 2.24. The van der Waals surface area contributed by atoms with Crippen LogP contribution >= 0.6 is 15.9 Å². The van der Waals surface area contributed by atoms with E-state index in [0.29, 0.717) is 0 Å². The van der Waals surface area contributed by atoms with Crippen molar-refractivity contribution in [3.63, 3.8) is 0 Å². The van der Waals surface area contributed by atoms with Gasteiger partial charge in [0.25, 0.3) is 0 Å². The van der Waals surface area contributed by atoms with E-state index in [2.05, 4.69) is 36.1 Å². The number of carbonyl (C=O) groups is 1. The highest BCUT2D eigenvalue weighted by Crippen LogP contribution is 2.24. The molecule has 0 saturated heterocycles. The first-order valence-corrected chi connectivity index (χ1v) is 12.0. The molecule has 0 radical (unpaired) electrons. The third-order valence-corrected chi connectivity index (χ3v) is 5.66. The van der Waals surface area contributed by atoms with E-state index in [0.717, 1.165) is 10.6 Å². The molecular formula is C18H20BrFN6O7S. The van der Waals surface area contributed by atoms with E-state index in [1.54, 1.807) is 25.5 Å². The van der Waals surface area contributed by atoms with E-state index in [4.69, 9.17) is 13.9 Å². The summed E-state index contributed by atoms with van der Waals surface area (Å²) in [6.45, 7) is 4.72. The number of benzene rings is 1. The number of nitrogens with zero attached hydrogens (tertiary/aromatic N) is 4. The second-order valence-electron chi connectivity index (χ2n) is 7.87. The van der Waals surface area contributed by atoms with E-state index >= 15 is 0 Å². The fourth-order valence-electron chi connectivity index (χ4n) is 2.70. The number of rotatable bonds is 8. The number of carbonyl (C=O) groups excluding carboxylic acids is 1. The minimum absolute atomic E-state index is 0.0352. The van der Waals surface area contributed by atoms with Crippen LogP contribution in [-0.2, 0) is 21.4 Å². The van der Waals surface area contributed by atoms with Gasteiger partial charge in [-0.3, -0.25) is 4.52 Å². The van der Waals surface area contributed by atoms with Crippen molar-refractivity contribution >= 4 is 32.2 Å². The molecule has 0 unspecified atom stereocenters. The summed E-state index contributed by atoms with van der Waals surface area (Å²) in [5, 5.41) is 11.2. The van der Waals surface area contributed by atoms with Crippen molar-refractivity contribution < 1.29 is 31.5 Å². The van der Waals surface area contributed by atoms with Gasteiger partial charge in [0.05, 0.1) is 10.2 Å². The fourth-order valence-corrected chi connectivity index (χ4v) is 3.81. The van der Waals surface area contributed by atoms with Crippen molar-refractivity contribution in [3.05, 3.63) is 44.7 Å². The molecule has 3 aromatic rings. The number of halogens is 2. The summed E-state index contributed by atoms with van der Waals surface area (Å²) in [7, 11) is -4.15. The summed E-state index contributed by atoms with van der Waals surface area (Å²) < 4.78 is 57.1. The van der Waals surface area contributed by atoms with Crippen molar-refractivity contribution in [1.82, 2.24) is 29.5 Å². The zero-order chi connectivity index (χ0) is 25.1. The molecule has 0 fully saturated rings. The van der Waals surface area contributed by atoms with Gasteiger partial charge in [0.2, 0.25) is 5.82 Å². The number of amides is 1. The number of ether oxygens (including phenoxy) is 1. The molecule has 13 nitrogen and oxygen atoms in total. The number of aryl methyl sites for hydroxylation is 1. The van der Waals surface area contributed by atoms with Gasteiger partial charge in [-0.05, 0) is 72.9 Å². The van der Waals surface area contributed by atoms with E-state index in [9.17, 15) is 22.4 Å². The van der Waals surface area contributed by atoms with E-state index in [1.165, 1.54) is 12.1 Å². The molecule has 1 aromatic carbocycles. The van der Waals surface area contributed by atoms with Crippen molar-refractivity contribution in [2.24, 2.45) is 0 Å². The molecule has 0 aliphatic heterocycles. The Morgan fingerprint density at radius 3 is 2.68 bits per heavy atom. The Bertz CT molecular complexity index is 1350. The third kappa shape index (κ3) is 6.48. The molecule has 2 N–H and O–H groups in total. The molecule has 0 atom stereocenters. The molecule has 184 valence electrons. The highest BCUT2D eigenvalue weighted by molar-refractivity contribution is 9.10. The van der Waals surface area contributed by atoms with Crippen LogP contribution in [0.25, 0.3) is 17.2 Å². The molecule has 2 heterocycles. The lowest BCUT2D eigenvalue weighted by molar-refractivity contribution is 0.0569. The Labute approximate surface area is 200 Å². The first-order valence-electron chi connectivity index (χ1n) is 9.72. The van der Waals surface area contributed by atoms with Gasteiger partial charge < -0.3 is 4.74 Å². The quantitative estimate of drug-likeness (QED) is 0.387. The zero-order valence-corrected chi connectivity index (χ0v) is 20.6. The lowest BCUT2D eigenvalue weighted by Gasteiger charge is -2.19. The van der Waals surface area contributed by atoms with Crippen LogP contribution in [0, 0.1) is 5.82 Å². The molecular weight excluding hydrogens is 543 g/mol. The first kappa shape index (κ1) is 25.5. The maximum Gasteiger partial charge on any atom is 0.446 e. The second kappa shape index (κ2) is 10.0. The van der Waals surface area contributed by atoms with Crippen LogP contribution in [0.15, 0.2) is 36.6 Å². The summed E-state index contributed by atoms with van der Waals surface area (Å²) in [5.74, 6) is -1.41. The summed E-state index contributed by atoms with van der Waals surface area (Å²) in [6.07, 6.45) is -0.720. The topological polar surface area (TPSA) is 171 Å².